The summed E-state index contributed by atoms with van der Waals surface area (Å²) in [4.78, 5) is 4.10. The first-order chi connectivity index (χ1) is 8.16. The van der Waals surface area contributed by atoms with E-state index in [0.717, 1.165) is 10.0 Å². The molecule has 0 radical (unpaired) electrons. The molecule has 0 fully saturated rings. The van der Waals surface area contributed by atoms with Crippen LogP contribution >= 0.6 is 15.9 Å². The maximum Gasteiger partial charge on any atom is 0.149 e. The smallest absolute Gasteiger partial charge is 0.149 e. The standard InChI is InChI=1S/C12H11BrFN3/c13-10-4-3-9(14)6-8(10)7-17-12-11(15)2-1-5-16-12/h1-6H,7,15H2,(H,16,17). The molecule has 0 aliphatic carbocycles. The van der Waals surface area contributed by atoms with Crippen molar-refractivity contribution in [1.29, 1.82) is 0 Å². The van der Waals surface area contributed by atoms with E-state index in [9.17, 15) is 4.39 Å². The van der Waals surface area contributed by atoms with Crippen LogP contribution in [0.25, 0.3) is 0 Å². The third-order valence-corrected chi connectivity index (χ3v) is 3.07. The number of hydrogen-bond donors (Lipinski definition) is 2. The van der Waals surface area contributed by atoms with Crippen molar-refractivity contribution in [3.8, 4) is 0 Å². The summed E-state index contributed by atoms with van der Waals surface area (Å²) in [7, 11) is 0. The van der Waals surface area contributed by atoms with Gasteiger partial charge in [0.1, 0.15) is 11.6 Å². The van der Waals surface area contributed by atoms with Crippen molar-refractivity contribution in [2.75, 3.05) is 11.1 Å². The number of pyridine rings is 1. The molecule has 17 heavy (non-hydrogen) atoms. The predicted octanol–water partition coefficient (Wildman–Crippen LogP) is 3.18. The van der Waals surface area contributed by atoms with Gasteiger partial charge in [0.15, 0.2) is 0 Å². The van der Waals surface area contributed by atoms with E-state index in [4.69, 9.17) is 5.73 Å². The number of benzene rings is 1. The van der Waals surface area contributed by atoms with Crippen molar-refractivity contribution < 1.29 is 4.39 Å². The van der Waals surface area contributed by atoms with Gasteiger partial charge in [0.05, 0.1) is 5.69 Å². The molecule has 0 amide bonds. The number of nitrogens with two attached hydrogens (primary N) is 1. The molecule has 0 atom stereocenters. The van der Waals surface area contributed by atoms with Gasteiger partial charge in [-0.05, 0) is 35.9 Å². The van der Waals surface area contributed by atoms with E-state index in [-0.39, 0.29) is 5.82 Å². The molecule has 3 nitrogen and oxygen atoms in total. The highest BCUT2D eigenvalue weighted by atomic mass is 79.9. The zero-order valence-corrected chi connectivity index (χ0v) is 10.5. The second-order valence-electron chi connectivity index (χ2n) is 3.53. The van der Waals surface area contributed by atoms with Crippen molar-refractivity contribution in [3.63, 3.8) is 0 Å². The topological polar surface area (TPSA) is 50.9 Å². The number of nitrogens with zero attached hydrogens (tertiary/aromatic N) is 1. The van der Waals surface area contributed by atoms with E-state index in [2.05, 4.69) is 26.2 Å². The highest BCUT2D eigenvalue weighted by molar-refractivity contribution is 9.10. The Bertz CT molecular complexity index is 531. The van der Waals surface area contributed by atoms with Crippen LogP contribution in [0.1, 0.15) is 5.56 Å². The van der Waals surface area contributed by atoms with Crippen LogP contribution in [0.15, 0.2) is 41.0 Å². The minimum absolute atomic E-state index is 0.265. The molecule has 0 aliphatic rings. The monoisotopic (exact) mass is 295 g/mol. The van der Waals surface area contributed by atoms with Crippen LogP contribution in [0, 0.1) is 5.82 Å². The van der Waals surface area contributed by atoms with Crippen LogP contribution in [0.2, 0.25) is 0 Å². The number of rotatable bonds is 3. The highest BCUT2D eigenvalue weighted by Crippen LogP contribution is 2.20. The van der Waals surface area contributed by atoms with Crippen molar-refractivity contribution in [1.82, 2.24) is 4.98 Å². The van der Waals surface area contributed by atoms with Gasteiger partial charge in [-0.3, -0.25) is 0 Å². The fraction of sp³-hybridized carbons (Fsp3) is 0.0833. The first kappa shape index (κ1) is 11.9. The number of nitrogens with one attached hydrogen (secondary N) is 1. The largest absolute Gasteiger partial charge is 0.396 e. The summed E-state index contributed by atoms with van der Waals surface area (Å²) >= 11 is 3.36. The Morgan fingerprint density at radius 1 is 1.35 bits per heavy atom. The van der Waals surface area contributed by atoms with E-state index in [1.165, 1.54) is 12.1 Å². The number of hydrogen-bond acceptors (Lipinski definition) is 3. The van der Waals surface area contributed by atoms with Gasteiger partial charge in [0.25, 0.3) is 0 Å². The molecule has 2 rings (SSSR count). The molecule has 88 valence electrons. The molecule has 1 aromatic heterocycles. The Balaban J connectivity index is 2.12. The second-order valence-corrected chi connectivity index (χ2v) is 4.38. The van der Waals surface area contributed by atoms with Crippen molar-refractivity contribution in [3.05, 3.63) is 52.4 Å². The molecule has 3 N–H and O–H groups in total. The molecule has 0 spiro atoms. The molecule has 1 heterocycles. The molecular weight excluding hydrogens is 285 g/mol. The van der Waals surface area contributed by atoms with Gasteiger partial charge in [0, 0.05) is 17.2 Å². The minimum Gasteiger partial charge on any atom is -0.396 e. The summed E-state index contributed by atoms with van der Waals surface area (Å²) < 4.78 is 13.9. The number of anilines is 2. The quantitative estimate of drug-likeness (QED) is 0.914. The van der Waals surface area contributed by atoms with E-state index in [1.807, 2.05) is 0 Å². The first-order valence-electron chi connectivity index (χ1n) is 5.05. The SMILES string of the molecule is Nc1cccnc1NCc1cc(F)ccc1Br. The van der Waals surface area contributed by atoms with Crippen LogP contribution in [-0.4, -0.2) is 4.98 Å². The van der Waals surface area contributed by atoms with E-state index >= 15 is 0 Å². The van der Waals surface area contributed by atoms with Crippen LogP contribution in [-0.2, 0) is 6.54 Å². The Hall–Kier alpha value is -1.62. The summed E-state index contributed by atoms with van der Waals surface area (Å²) in [5.74, 6) is 0.336. The summed E-state index contributed by atoms with van der Waals surface area (Å²) in [6, 6.07) is 8.07. The fourth-order valence-corrected chi connectivity index (χ4v) is 1.81. The Morgan fingerprint density at radius 2 is 2.18 bits per heavy atom. The van der Waals surface area contributed by atoms with Gasteiger partial charge in [-0.15, -0.1) is 0 Å². The third-order valence-electron chi connectivity index (χ3n) is 2.29. The number of halogens is 2. The van der Waals surface area contributed by atoms with Crippen molar-refractivity contribution >= 4 is 27.4 Å². The number of nitrogen functional groups attached to an aromatic ring is 1. The normalized spacial score (nSPS) is 10.2. The summed E-state index contributed by atoms with van der Waals surface area (Å²) in [5, 5.41) is 3.06. The Morgan fingerprint density at radius 3 is 2.94 bits per heavy atom. The maximum absolute atomic E-state index is 13.1. The molecule has 0 aliphatic heterocycles. The zero-order chi connectivity index (χ0) is 12.3. The van der Waals surface area contributed by atoms with Crippen molar-refractivity contribution in [2.24, 2.45) is 0 Å². The van der Waals surface area contributed by atoms with Crippen LogP contribution in [0.3, 0.4) is 0 Å². The average Bonchev–Trinajstić information content (AvgIpc) is 2.32. The van der Waals surface area contributed by atoms with Gasteiger partial charge >= 0.3 is 0 Å². The van der Waals surface area contributed by atoms with Crippen LogP contribution < -0.4 is 11.1 Å². The lowest BCUT2D eigenvalue weighted by Crippen LogP contribution is -2.05. The molecule has 0 bridgehead atoms. The fourth-order valence-electron chi connectivity index (χ4n) is 1.42. The van der Waals surface area contributed by atoms with Gasteiger partial charge < -0.3 is 11.1 Å². The number of aromatic nitrogens is 1. The molecule has 5 heteroatoms. The summed E-state index contributed by atoms with van der Waals surface area (Å²) in [6.07, 6.45) is 1.65. The van der Waals surface area contributed by atoms with Crippen LogP contribution in [0.4, 0.5) is 15.9 Å². The molecular formula is C12H11BrFN3. The molecule has 0 unspecified atom stereocenters. The Kier molecular flexibility index (Phi) is 3.58. The van der Waals surface area contributed by atoms with E-state index in [1.54, 1.807) is 24.4 Å². The lowest BCUT2D eigenvalue weighted by atomic mass is 10.2. The van der Waals surface area contributed by atoms with Crippen LogP contribution in [0.5, 0.6) is 0 Å². The second kappa shape index (κ2) is 5.14. The molecule has 0 saturated carbocycles. The zero-order valence-electron chi connectivity index (χ0n) is 8.95. The minimum atomic E-state index is -0.265. The van der Waals surface area contributed by atoms with Gasteiger partial charge in [-0.25, -0.2) is 9.37 Å². The van der Waals surface area contributed by atoms with E-state index < -0.39 is 0 Å². The summed E-state index contributed by atoms with van der Waals surface area (Å²) in [6.45, 7) is 0.458. The first-order valence-corrected chi connectivity index (χ1v) is 5.84. The molecule has 1 aromatic carbocycles. The third kappa shape index (κ3) is 2.94. The Labute approximate surface area is 107 Å². The lowest BCUT2D eigenvalue weighted by molar-refractivity contribution is 0.625. The predicted molar refractivity (Wildman–Crippen MR) is 70.1 cm³/mol. The maximum atomic E-state index is 13.1. The van der Waals surface area contributed by atoms with Crippen molar-refractivity contribution in [2.45, 2.75) is 6.54 Å². The van der Waals surface area contributed by atoms with Gasteiger partial charge in [-0.1, -0.05) is 15.9 Å². The molecule has 0 saturated heterocycles. The van der Waals surface area contributed by atoms with Gasteiger partial charge in [-0.2, -0.15) is 0 Å². The average molecular weight is 296 g/mol. The lowest BCUT2D eigenvalue weighted by Gasteiger charge is -2.09. The highest BCUT2D eigenvalue weighted by Gasteiger charge is 2.03. The molecule has 2 aromatic rings. The summed E-state index contributed by atoms with van der Waals surface area (Å²) in [5.41, 5.74) is 7.13. The van der Waals surface area contributed by atoms with E-state index in [0.29, 0.717) is 18.1 Å². The van der Waals surface area contributed by atoms with Gasteiger partial charge in [0.2, 0.25) is 0 Å².